The van der Waals surface area contributed by atoms with Gasteiger partial charge in [0.1, 0.15) is 5.82 Å². The summed E-state index contributed by atoms with van der Waals surface area (Å²) in [6, 6.07) is 16.6. The maximum absolute atomic E-state index is 13.5. The van der Waals surface area contributed by atoms with E-state index in [0.29, 0.717) is 37.8 Å². The number of benzene rings is 2. The minimum Gasteiger partial charge on any atom is -0.378 e. The largest absolute Gasteiger partial charge is 0.417 e. The van der Waals surface area contributed by atoms with Crippen molar-refractivity contribution in [1.82, 2.24) is 9.97 Å². The molecule has 2 heterocycles. The van der Waals surface area contributed by atoms with Gasteiger partial charge >= 0.3 is 6.18 Å². The van der Waals surface area contributed by atoms with Gasteiger partial charge in [0.25, 0.3) is 0 Å². The summed E-state index contributed by atoms with van der Waals surface area (Å²) in [4.78, 5) is 11.0. The Kier molecular flexibility index (Phi) is 5.00. The van der Waals surface area contributed by atoms with Gasteiger partial charge in [0.2, 0.25) is 0 Å². The number of morpholine rings is 1. The molecule has 144 valence electrons. The molecule has 3 aromatic rings. The minimum absolute atomic E-state index is 0.0257. The van der Waals surface area contributed by atoms with E-state index in [1.54, 1.807) is 6.07 Å². The second-order valence-electron chi connectivity index (χ2n) is 6.44. The van der Waals surface area contributed by atoms with Crippen LogP contribution in [0.4, 0.5) is 19.0 Å². The molecule has 4 rings (SSSR count). The van der Waals surface area contributed by atoms with Crippen molar-refractivity contribution in [3.8, 4) is 22.6 Å². The number of hydrogen-bond donors (Lipinski definition) is 0. The van der Waals surface area contributed by atoms with E-state index in [9.17, 15) is 13.2 Å². The summed E-state index contributed by atoms with van der Waals surface area (Å²) in [5.41, 5.74) is 0.643. The molecule has 0 spiro atoms. The van der Waals surface area contributed by atoms with E-state index in [4.69, 9.17) is 4.74 Å². The normalized spacial score (nSPS) is 14.9. The van der Waals surface area contributed by atoms with Crippen LogP contribution in [0.15, 0.2) is 60.7 Å². The minimum atomic E-state index is -4.48. The first kappa shape index (κ1) is 18.4. The Balaban J connectivity index is 1.88. The third kappa shape index (κ3) is 3.84. The second kappa shape index (κ2) is 7.59. The van der Waals surface area contributed by atoms with Gasteiger partial charge in [-0.05, 0) is 6.07 Å². The fourth-order valence-corrected chi connectivity index (χ4v) is 3.19. The lowest BCUT2D eigenvalue weighted by Gasteiger charge is -2.28. The lowest BCUT2D eigenvalue weighted by molar-refractivity contribution is -0.137. The fourth-order valence-electron chi connectivity index (χ4n) is 3.19. The molecule has 4 nitrogen and oxygen atoms in total. The molecule has 1 aromatic heterocycles. The molecule has 1 fully saturated rings. The van der Waals surface area contributed by atoms with E-state index in [0.717, 1.165) is 11.6 Å². The molecule has 1 aliphatic rings. The van der Waals surface area contributed by atoms with Gasteiger partial charge in [-0.1, -0.05) is 48.5 Å². The predicted octanol–water partition coefficient (Wildman–Crippen LogP) is 4.67. The van der Waals surface area contributed by atoms with Crippen LogP contribution in [0, 0.1) is 0 Å². The van der Waals surface area contributed by atoms with Crippen LogP contribution in [0.5, 0.6) is 0 Å². The van der Waals surface area contributed by atoms with Gasteiger partial charge in [0.05, 0.1) is 24.5 Å². The van der Waals surface area contributed by atoms with Gasteiger partial charge in [0, 0.05) is 30.3 Å². The molecular formula is C21H18F3N3O. The van der Waals surface area contributed by atoms with Gasteiger partial charge in [-0.25, -0.2) is 9.97 Å². The third-order valence-corrected chi connectivity index (χ3v) is 4.59. The van der Waals surface area contributed by atoms with Crippen LogP contribution >= 0.6 is 0 Å². The van der Waals surface area contributed by atoms with Crippen molar-refractivity contribution in [3.63, 3.8) is 0 Å². The molecule has 2 aromatic carbocycles. The smallest absolute Gasteiger partial charge is 0.378 e. The predicted molar refractivity (Wildman–Crippen MR) is 101 cm³/mol. The quantitative estimate of drug-likeness (QED) is 0.657. The first-order valence-corrected chi connectivity index (χ1v) is 8.96. The highest BCUT2D eigenvalue weighted by molar-refractivity contribution is 5.69. The van der Waals surface area contributed by atoms with Crippen molar-refractivity contribution in [1.29, 1.82) is 0 Å². The summed E-state index contributed by atoms with van der Waals surface area (Å²) < 4.78 is 46.0. The summed E-state index contributed by atoms with van der Waals surface area (Å²) in [5, 5.41) is 0. The van der Waals surface area contributed by atoms with Gasteiger partial charge in [-0.15, -0.1) is 0 Å². The van der Waals surface area contributed by atoms with E-state index in [1.165, 1.54) is 12.1 Å². The Hall–Kier alpha value is -2.93. The highest BCUT2D eigenvalue weighted by atomic mass is 19.4. The van der Waals surface area contributed by atoms with E-state index in [1.807, 2.05) is 41.3 Å². The number of nitrogens with zero attached hydrogens (tertiary/aromatic N) is 3. The zero-order valence-corrected chi connectivity index (χ0v) is 15.0. The van der Waals surface area contributed by atoms with Gasteiger partial charge in [-0.3, -0.25) is 0 Å². The van der Waals surface area contributed by atoms with E-state index >= 15 is 0 Å². The van der Waals surface area contributed by atoms with E-state index < -0.39 is 11.7 Å². The van der Waals surface area contributed by atoms with Crippen molar-refractivity contribution in [2.75, 3.05) is 31.2 Å². The molecule has 28 heavy (non-hydrogen) atoms. The topological polar surface area (TPSA) is 38.2 Å². The molecule has 0 saturated carbocycles. The number of rotatable bonds is 3. The average molecular weight is 385 g/mol. The summed E-state index contributed by atoms with van der Waals surface area (Å²) >= 11 is 0. The molecule has 1 aliphatic heterocycles. The number of alkyl halides is 3. The SMILES string of the molecule is FC(F)(F)c1ccccc1-c1nc(-c2ccccc2)cc(N2CCOCC2)n1. The van der Waals surface area contributed by atoms with Crippen molar-refractivity contribution < 1.29 is 17.9 Å². The monoisotopic (exact) mass is 385 g/mol. The molecule has 0 bridgehead atoms. The Morgan fingerprint density at radius 2 is 1.54 bits per heavy atom. The highest BCUT2D eigenvalue weighted by Gasteiger charge is 2.34. The molecule has 0 aliphatic carbocycles. The van der Waals surface area contributed by atoms with Crippen LogP contribution in [0.2, 0.25) is 0 Å². The summed E-state index contributed by atoms with van der Waals surface area (Å²) in [6.07, 6.45) is -4.48. The third-order valence-electron chi connectivity index (χ3n) is 4.59. The van der Waals surface area contributed by atoms with Gasteiger partial charge in [-0.2, -0.15) is 13.2 Å². The van der Waals surface area contributed by atoms with Crippen LogP contribution in [0.25, 0.3) is 22.6 Å². The van der Waals surface area contributed by atoms with Crippen molar-refractivity contribution in [2.24, 2.45) is 0 Å². The number of anilines is 1. The Labute approximate surface area is 160 Å². The lowest BCUT2D eigenvalue weighted by atomic mass is 10.1. The number of ether oxygens (including phenoxy) is 1. The van der Waals surface area contributed by atoms with Crippen LogP contribution in [0.3, 0.4) is 0 Å². The van der Waals surface area contributed by atoms with Gasteiger partial charge < -0.3 is 9.64 Å². The number of hydrogen-bond acceptors (Lipinski definition) is 4. The van der Waals surface area contributed by atoms with Crippen LogP contribution in [0.1, 0.15) is 5.56 Å². The van der Waals surface area contributed by atoms with Crippen molar-refractivity contribution in [3.05, 3.63) is 66.2 Å². The molecule has 7 heteroatoms. The molecule has 0 amide bonds. The maximum atomic E-state index is 13.5. The summed E-state index contributed by atoms with van der Waals surface area (Å²) in [7, 11) is 0. The van der Waals surface area contributed by atoms with Crippen molar-refractivity contribution >= 4 is 5.82 Å². The Bertz CT molecular complexity index is 955. The standard InChI is InChI=1S/C21H18F3N3O/c22-21(23,24)17-9-5-4-8-16(17)20-25-18(15-6-2-1-3-7-15)14-19(26-20)27-10-12-28-13-11-27/h1-9,14H,10-13H2. The fraction of sp³-hybridized carbons (Fsp3) is 0.238. The highest BCUT2D eigenvalue weighted by Crippen LogP contribution is 2.37. The molecule has 0 unspecified atom stereocenters. The van der Waals surface area contributed by atoms with Crippen LogP contribution < -0.4 is 4.90 Å². The lowest BCUT2D eigenvalue weighted by Crippen LogP contribution is -2.36. The molecule has 0 atom stereocenters. The van der Waals surface area contributed by atoms with E-state index in [2.05, 4.69) is 9.97 Å². The first-order valence-electron chi connectivity index (χ1n) is 8.96. The van der Waals surface area contributed by atoms with E-state index in [-0.39, 0.29) is 11.4 Å². The Morgan fingerprint density at radius 3 is 2.25 bits per heavy atom. The molecular weight excluding hydrogens is 367 g/mol. The summed E-state index contributed by atoms with van der Waals surface area (Å²) in [6.45, 7) is 2.37. The number of halogens is 3. The average Bonchev–Trinajstić information content (AvgIpc) is 2.74. The Morgan fingerprint density at radius 1 is 0.857 bits per heavy atom. The second-order valence-corrected chi connectivity index (χ2v) is 6.44. The molecule has 0 radical (unpaired) electrons. The zero-order chi connectivity index (χ0) is 19.6. The zero-order valence-electron chi connectivity index (χ0n) is 15.0. The van der Waals surface area contributed by atoms with Crippen LogP contribution in [-0.2, 0) is 10.9 Å². The maximum Gasteiger partial charge on any atom is 0.417 e. The molecule has 0 N–H and O–H groups in total. The molecule has 1 saturated heterocycles. The van der Waals surface area contributed by atoms with Gasteiger partial charge in [0.15, 0.2) is 5.82 Å². The first-order chi connectivity index (χ1) is 13.5. The summed E-state index contributed by atoms with van der Waals surface area (Å²) in [5.74, 6) is 0.667. The van der Waals surface area contributed by atoms with Crippen LogP contribution in [-0.4, -0.2) is 36.3 Å². The number of aromatic nitrogens is 2. The van der Waals surface area contributed by atoms with Crippen molar-refractivity contribution in [2.45, 2.75) is 6.18 Å².